The third kappa shape index (κ3) is 3.88. The number of fused-ring (bicyclic) bond motifs is 2. The number of carbonyl (C=O) groups excluding carboxylic acids is 1. The van der Waals surface area contributed by atoms with Crippen molar-refractivity contribution < 1.29 is 4.79 Å². The molecule has 4 rings (SSSR count). The van der Waals surface area contributed by atoms with Crippen molar-refractivity contribution in [2.24, 2.45) is 0 Å². The van der Waals surface area contributed by atoms with E-state index < -0.39 is 0 Å². The van der Waals surface area contributed by atoms with Gasteiger partial charge in [-0.15, -0.1) is 0 Å². The molecule has 136 valence electrons. The summed E-state index contributed by atoms with van der Waals surface area (Å²) in [7, 11) is 0. The minimum atomic E-state index is 0.0471. The largest absolute Gasteiger partial charge is 0.349 e. The molecule has 2 aliphatic heterocycles. The van der Waals surface area contributed by atoms with E-state index in [9.17, 15) is 4.79 Å². The van der Waals surface area contributed by atoms with Gasteiger partial charge in [0, 0.05) is 34.8 Å². The molecule has 1 aromatic rings. The number of amides is 1. The standard InChI is InChI=1S/C21H29ClN2O/c22-16-11-9-15(10-12-16)21(25)23-17-13-19-7-4-8-20(14-17)24(19)18-5-2-1-3-6-18/h9-12,17-20H,1-8,13-14H2,(H,23,25)/t17?,19-,20+. The molecule has 3 nitrogen and oxygen atoms in total. The van der Waals surface area contributed by atoms with Crippen LogP contribution in [0.2, 0.25) is 5.02 Å². The van der Waals surface area contributed by atoms with Crippen molar-refractivity contribution >= 4 is 17.5 Å². The van der Waals surface area contributed by atoms with Crippen molar-refractivity contribution in [3.63, 3.8) is 0 Å². The Labute approximate surface area is 156 Å². The van der Waals surface area contributed by atoms with Crippen molar-refractivity contribution in [1.82, 2.24) is 10.2 Å². The normalized spacial score (nSPS) is 30.8. The van der Waals surface area contributed by atoms with Crippen LogP contribution >= 0.6 is 11.6 Å². The molecule has 0 radical (unpaired) electrons. The fourth-order valence-electron chi connectivity index (χ4n) is 5.38. The molecular formula is C21H29ClN2O. The Hall–Kier alpha value is -1.06. The van der Waals surface area contributed by atoms with Gasteiger partial charge in [0.2, 0.25) is 0 Å². The molecule has 0 aromatic heterocycles. The molecule has 1 aliphatic carbocycles. The lowest BCUT2D eigenvalue weighted by Gasteiger charge is -2.53. The van der Waals surface area contributed by atoms with E-state index in [2.05, 4.69) is 10.2 Å². The minimum Gasteiger partial charge on any atom is -0.349 e. The van der Waals surface area contributed by atoms with Gasteiger partial charge in [-0.1, -0.05) is 37.3 Å². The van der Waals surface area contributed by atoms with E-state index in [1.165, 1.54) is 51.4 Å². The first-order valence-corrected chi connectivity index (χ1v) is 10.4. The van der Waals surface area contributed by atoms with E-state index in [-0.39, 0.29) is 5.91 Å². The fourth-order valence-corrected chi connectivity index (χ4v) is 5.51. The van der Waals surface area contributed by atoms with Gasteiger partial charge in [-0.3, -0.25) is 9.69 Å². The summed E-state index contributed by atoms with van der Waals surface area (Å²) in [6.07, 6.45) is 13.2. The Balaban J connectivity index is 1.40. The van der Waals surface area contributed by atoms with E-state index >= 15 is 0 Å². The molecular weight excluding hydrogens is 332 g/mol. The number of nitrogens with one attached hydrogen (secondary N) is 1. The van der Waals surface area contributed by atoms with Crippen LogP contribution in [-0.4, -0.2) is 35.0 Å². The summed E-state index contributed by atoms with van der Waals surface area (Å²) in [6, 6.07) is 9.67. The fraction of sp³-hybridized carbons (Fsp3) is 0.667. The third-order valence-corrected chi connectivity index (χ3v) is 6.72. The lowest BCUT2D eigenvalue weighted by atomic mass is 9.78. The van der Waals surface area contributed by atoms with Crippen LogP contribution in [-0.2, 0) is 0 Å². The van der Waals surface area contributed by atoms with E-state index in [0.29, 0.717) is 28.7 Å². The SMILES string of the molecule is O=C(NC1C[C@H]2CCC[C@@H](C1)N2C1CCCCC1)c1ccc(Cl)cc1. The zero-order valence-corrected chi connectivity index (χ0v) is 15.7. The van der Waals surface area contributed by atoms with Crippen LogP contribution in [0, 0.1) is 0 Å². The lowest BCUT2D eigenvalue weighted by Crippen LogP contribution is -2.60. The van der Waals surface area contributed by atoms with Gasteiger partial charge in [0.15, 0.2) is 0 Å². The molecule has 2 bridgehead atoms. The summed E-state index contributed by atoms with van der Waals surface area (Å²) in [4.78, 5) is 15.4. The van der Waals surface area contributed by atoms with Crippen LogP contribution in [0.4, 0.5) is 0 Å². The highest BCUT2D eigenvalue weighted by Crippen LogP contribution is 2.39. The Morgan fingerprint density at radius 1 is 0.880 bits per heavy atom. The summed E-state index contributed by atoms with van der Waals surface area (Å²) in [5, 5.41) is 3.97. The lowest BCUT2D eigenvalue weighted by molar-refractivity contribution is -0.0211. The molecule has 2 heterocycles. The first-order chi connectivity index (χ1) is 12.2. The van der Waals surface area contributed by atoms with Gasteiger partial charge >= 0.3 is 0 Å². The maximum Gasteiger partial charge on any atom is 0.251 e. The van der Waals surface area contributed by atoms with Crippen molar-refractivity contribution in [1.29, 1.82) is 0 Å². The van der Waals surface area contributed by atoms with Crippen LogP contribution in [0.25, 0.3) is 0 Å². The predicted octanol–water partition coefficient (Wildman–Crippen LogP) is 4.79. The second-order valence-electron chi connectivity index (χ2n) is 8.13. The summed E-state index contributed by atoms with van der Waals surface area (Å²) >= 11 is 5.93. The average molecular weight is 361 g/mol. The van der Waals surface area contributed by atoms with E-state index in [1.54, 1.807) is 12.1 Å². The number of carbonyl (C=O) groups is 1. The number of halogens is 1. The first-order valence-electron chi connectivity index (χ1n) is 10.0. The number of nitrogens with zero attached hydrogens (tertiary/aromatic N) is 1. The third-order valence-electron chi connectivity index (χ3n) is 6.47. The second kappa shape index (κ2) is 7.67. The number of hydrogen-bond acceptors (Lipinski definition) is 2. The molecule has 2 saturated heterocycles. The molecule has 1 amide bonds. The number of hydrogen-bond donors (Lipinski definition) is 1. The molecule has 1 saturated carbocycles. The van der Waals surface area contributed by atoms with Crippen LogP contribution in [0.5, 0.6) is 0 Å². The number of piperidine rings is 2. The summed E-state index contributed by atoms with van der Waals surface area (Å²) < 4.78 is 0. The molecule has 3 aliphatic rings. The molecule has 4 heteroatoms. The summed E-state index contributed by atoms with van der Waals surface area (Å²) in [5.41, 5.74) is 0.712. The van der Waals surface area contributed by atoms with E-state index in [1.807, 2.05) is 12.1 Å². The Kier molecular flexibility index (Phi) is 5.33. The topological polar surface area (TPSA) is 32.3 Å². The first kappa shape index (κ1) is 17.4. The van der Waals surface area contributed by atoms with Gasteiger partial charge < -0.3 is 5.32 Å². The van der Waals surface area contributed by atoms with Gasteiger partial charge in [0.25, 0.3) is 5.91 Å². The summed E-state index contributed by atoms with van der Waals surface area (Å²) in [6.45, 7) is 0. The number of rotatable bonds is 3. The maximum absolute atomic E-state index is 12.6. The van der Waals surface area contributed by atoms with E-state index in [4.69, 9.17) is 11.6 Å². The minimum absolute atomic E-state index is 0.0471. The Morgan fingerprint density at radius 3 is 2.12 bits per heavy atom. The highest BCUT2D eigenvalue weighted by molar-refractivity contribution is 6.30. The molecule has 3 fully saturated rings. The smallest absolute Gasteiger partial charge is 0.251 e. The van der Waals surface area contributed by atoms with Gasteiger partial charge in [-0.05, 0) is 62.8 Å². The average Bonchev–Trinajstić information content (AvgIpc) is 2.62. The van der Waals surface area contributed by atoms with Gasteiger partial charge in [0.1, 0.15) is 0 Å². The molecule has 1 N–H and O–H groups in total. The van der Waals surface area contributed by atoms with Crippen molar-refractivity contribution in [3.05, 3.63) is 34.9 Å². The zero-order valence-electron chi connectivity index (χ0n) is 14.9. The molecule has 1 aromatic carbocycles. The van der Waals surface area contributed by atoms with Crippen molar-refractivity contribution in [2.75, 3.05) is 0 Å². The van der Waals surface area contributed by atoms with Crippen molar-refractivity contribution in [3.8, 4) is 0 Å². The molecule has 25 heavy (non-hydrogen) atoms. The quantitative estimate of drug-likeness (QED) is 0.840. The highest BCUT2D eigenvalue weighted by Gasteiger charge is 2.42. The van der Waals surface area contributed by atoms with Crippen LogP contribution < -0.4 is 5.32 Å². The highest BCUT2D eigenvalue weighted by atomic mass is 35.5. The van der Waals surface area contributed by atoms with Crippen LogP contribution in [0.1, 0.15) is 74.6 Å². The maximum atomic E-state index is 12.6. The van der Waals surface area contributed by atoms with Crippen LogP contribution in [0.3, 0.4) is 0 Å². The molecule has 1 unspecified atom stereocenters. The van der Waals surface area contributed by atoms with Crippen molar-refractivity contribution in [2.45, 2.75) is 88.4 Å². The van der Waals surface area contributed by atoms with Gasteiger partial charge in [-0.25, -0.2) is 0 Å². The predicted molar refractivity (Wildman–Crippen MR) is 102 cm³/mol. The zero-order chi connectivity index (χ0) is 17.2. The van der Waals surface area contributed by atoms with Gasteiger partial charge in [-0.2, -0.15) is 0 Å². The monoisotopic (exact) mass is 360 g/mol. The Bertz CT molecular complexity index is 582. The second-order valence-corrected chi connectivity index (χ2v) is 8.56. The molecule has 3 atom stereocenters. The van der Waals surface area contributed by atoms with Crippen LogP contribution in [0.15, 0.2) is 24.3 Å². The van der Waals surface area contributed by atoms with Gasteiger partial charge in [0.05, 0.1) is 0 Å². The number of benzene rings is 1. The Morgan fingerprint density at radius 2 is 1.48 bits per heavy atom. The summed E-state index contributed by atoms with van der Waals surface area (Å²) in [5.74, 6) is 0.0471. The van der Waals surface area contributed by atoms with E-state index in [0.717, 1.165) is 18.9 Å². The molecule has 0 spiro atoms.